The van der Waals surface area contributed by atoms with Gasteiger partial charge in [-0.25, -0.2) is 4.98 Å². The quantitative estimate of drug-likeness (QED) is 0.355. The van der Waals surface area contributed by atoms with Crippen LogP contribution in [-0.2, 0) is 19.4 Å². The van der Waals surface area contributed by atoms with E-state index in [1.807, 2.05) is 7.05 Å². The number of guanidine groups is 1. The van der Waals surface area contributed by atoms with Crippen LogP contribution in [0.5, 0.6) is 0 Å². The molecule has 1 aliphatic carbocycles. The Hall–Kier alpha value is -1.16. The van der Waals surface area contributed by atoms with Crippen molar-refractivity contribution in [2.45, 2.75) is 78.4 Å². The summed E-state index contributed by atoms with van der Waals surface area (Å²) in [5.74, 6) is 1.31. The summed E-state index contributed by atoms with van der Waals surface area (Å²) < 4.78 is 2.08. The number of thiazole rings is 1. The van der Waals surface area contributed by atoms with Crippen LogP contribution in [0.1, 0.15) is 72.9 Å². The van der Waals surface area contributed by atoms with Gasteiger partial charge in [0.15, 0.2) is 5.96 Å². The van der Waals surface area contributed by atoms with E-state index in [1.54, 1.807) is 11.3 Å². The van der Waals surface area contributed by atoms with E-state index < -0.39 is 0 Å². The average molecular weight is 516 g/mol. The van der Waals surface area contributed by atoms with Crippen LogP contribution in [0, 0.1) is 6.92 Å². The zero-order chi connectivity index (χ0) is 19.6. The predicted molar refractivity (Wildman–Crippen MR) is 128 cm³/mol. The molecule has 1 aliphatic rings. The van der Waals surface area contributed by atoms with Crippen LogP contribution in [-0.4, -0.2) is 33.8 Å². The zero-order valence-corrected chi connectivity index (χ0v) is 20.9. The highest BCUT2D eigenvalue weighted by atomic mass is 127. The molecule has 0 saturated heterocycles. The van der Waals surface area contributed by atoms with Gasteiger partial charge in [0.05, 0.1) is 17.9 Å². The molecular formula is C20H33IN6S. The minimum atomic E-state index is 0. The van der Waals surface area contributed by atoms with Gasteiger partial charge in [-0.1, -0.05) is 13.8 Å². The van der Waals surface area contributed by atoms with Crippen LogP contribution >= 0.6 is 35.3 Å². The Labute approximate surface area is 189 Å². The van der Waals surface area contributed by atoms with Crippen molar-refractivity contribution in [1.82, 2.24) is 25.4 Å². The van der Waals surface area contributed by atoms with E-state index in [9.17, 15) is 0 Å². The molecule has 28 heavy (non-hydrogen) atoms. The molecule has 2 N–H and O–H groups in total. The second-order valence-electron chi connectivity index (χ2n) is 7.89. The maximum absolute atomic E-state index is 4.77. The van der Waals surface area contributed by atoms with Gasteiger partial charge in [0.2, 0.25) is 0 Å². The maximum atomic E-state index is 4.77. The highest BCUT2D eigenvalue weighted by molar-refractivity contribution is 14.0. The Kier molecular flexibility index (Phi) is 8.30. The largest absolute Gasteiger partial charge is 0.353 e. The summed E-state index contributed by atoms with van der Waals surface area (Å²) in [5, 5.41) is 12.9. The Morgan fingerprint density at radius 1 is 1.36 bits per heavy atom. The SMILES string of the molecule is CN=C(NCc1nc(C(C)C)c(C)s1)NC1CCc2cn(C(C)C)nc2C1.I. The van der Waals surface area contributed by atoms with E-state index in [1.165, 1.54) is 21.8 Å². The summed E-state index contributed by atoms with van der Waals surface area (Å²) in [4.78, 5) is 10.5. The molecule has 0 fully saturated rings. The number of aryl methyl sites for hydroxylation is 2. The molecule has 0 saturated carbocycles. The van der Waals surface area contributed by atoms with Crippen LogP contribution in [0.4, 0.5) is 0 Å². The lowest BCUT2D eigenvalue weighted by Crippen LogP contribution is -2.45. The molecule has 1 unspecified atom stereocenters. The third-order valence-electron chi connectivity index (χ3n) is 5.02. The second kappa shape index (κ2) is 10.0. The molecule has 0 radical (unpaired) electrons. The highest BCUT2D eigenvalue weighted by Gasteiger charge is 2.23. The van der Waals surface area contributed by atoms with E-state index >= 15 is 0 Å². The molecule has 2 heterocycles. The van der Waals surface area contributed by atoms with Crippen LogP contribution < -0.4 is 10.6 Å². The number of hydrogen-bond donors (Lipinski definition) is 2. The molecule has 156 valence electrons. The van der Waals surface area contributed by atoms with Gasteiger partial charge in [0.25, 0.3) is 0 Å². The first-order valence-electron chi connectivity index (χ1n) is 9.87. The number of nitrogens with one attached hydrogen (secondary N) is 2. The molecular weight excluding hydrogens is 483 g/mol. The van der Waals surface area contributed by atoms with E-state index in [4.69, 9.17) is 10.1 Å². The summed E-state index contributed by atoms with van der Waals surface area (Å²) >= 11 is 1.77. The molecule has 0 aromatic carbocycles. The summed E-state index contributed by atoms with van der Waals surface area (Å²) in [5.41, 5.74) is 3.82. The van der Waals surface area contributed by atoms with Gasteiger partial charge in [0, 0.05) is 36.6 Å². The molecule has 0 aliphatic heterocycles. The highest BCUT2D eigenvalue weighted by Crippen LogP contribution is 2.24. The lowest BCUT2D eigenvalue weighted by Gasteiger charge is -2.24. The van der Waals surface area contributed by atoms with Crippen molar-refractivity contribution in [3.8, 4) is 0 Å². The van der Waals surface area contributed by atoms with Gasteiger partial charge in [0.1, 0.15) is 5.01 Å². The lowest BCUT2D eigenvalue weighted by molar-refractivity contribution is 0.499. The van der Waals surface area contributed by atoms with Gasteiger partial charge < -0.3 is 10.6 Å². The van der Waals surface area contributed by atoms with E-state index in [0.717, 1.165) is 30.2 Å². The molecule has 8 heteroatoms. The minimum Gasteiger partial charge on any atom is -0.353 e. The average Bonchev–Trinajstić information content (AvgIpc) is 3.21. The first kappa shape index (κ1) is 23.1. The third kappa shape index (κ3) is 5.46. The summed E-state index contributed by atoms with van der Waals surface area (Å²) in [6.45, 7) is 11.6. The van der Waals surface area contributed by atoms with Crippen molar-refractivity contribution in [2.75, 3.05) is 7.05 Å². The third-order valence-corrected chi connectivity index (χ3v) is 6.01. The van der Waals surface area contributed by atoms with Gasteiger partial charge in [-0.05, 0) is 45.1 Å². The summed E-state index contributed by atoms with van der Waals surface area (Å²) in [6.07, 6.45) is 5.33. The first-order valence-corrected chi connectivity index (χ1v) is 10.7. The Morgan fingerprint density at radius 2 is 2.11 bits per heavy atom. The predicted octanol–water partition coefficient (Wildman–Crippen LogP) is 4.19. The second-order valence-corrected chi connectivity index (χ2v) is 9.18. The number of aromatic nitrogens is 3. The van der Waals surface area contributed by atoms with Gasteiger partial charge in [-0.3, -0.25) is 9.67 Å². The van der Waals surface area contributed by atoms with Crippen molar-refractivity contribution in [2.24, 2.45) is 4.99 Å². The van der Waals surface area contributed by atoms with E-state index in [0.29, 0.717) is 24.5 Å². The topological polar surface area (TPSA) is 67.1 Å². The molecule has 0 amide bonds. The van der Waals surface area contributed by atoms with Crippen LogP contribution in [0.15, 0.2) is 11.2 Å². The fourth-order valence-electron chi connectivity index (χ4n) is 3.52. The maximum Gasteiger partial charge on any atom is 0.191 e. The number of fused-ring (bicyclic) bond motifs is 1. The normalized spacial score (nSPS) is 16.9. The first-order chi connectivity index (χ1) is 12.9. The van der Waals surface area contributed by atoms with Crippen LogP contribution in [0.25, 0.3) is 0 Å². The van der Waals surface area contributed by atoms with Crippen LogP contribution in [0.3, 0.4) is 0 Å². The monoisotopic (exact) mass is 516 g/mol. The van der Waals surface area contributed by atoms with E-state index in [2.05, 4.69) is 61.1 Å². The fraction of sp³-hybridized carbons (Fsp3) is 0.650. The number of halogens is 1. The van der Waals surface area contributed by atoms with E-state index in [-0.39, 0.29) is 24.0 Å². The van der Waals surface area contributed by atoms with Crippen molar-refractivity contribution < 1.29 is 0 Å². The van der Waals surface area contributed by atoms with Crippen molar-refractivity contribution >= 4 is 41.3 Å². The van der Waals surface area contributed by atoms with Crippen LogP contribution in [0.2, 0.25) is 0 Å². The minimum absolute atomic E-state index is 0. The lowest BCUT2D eigenvalue weighted by atomic mass is 9.94. The summed E-state index contributed by atoms with van der Waals surface area (Å²) in [7, 11) is 1.82. The molecule has 0 spiro atoms. The molecule has 2 aromatic rings. The zero-order valence-electron chi connectivity index (χ0n) is 17.7. The fourth-order valence-corrected chi connectivity index (χ4v) is 4.55. The number of aliphatic imine (C=N–C) groups is 1. The Bertz CT molecular complexity index is 808. The summed E-state index contributed by atoms with van der Waals surface area (Å²) in [6, 6.07) is 0.775. The van der Waals surface area contributed by atoms with Crippen molar-refractivity contribution in [1.29, 1.82) is 0 Å². The molecule has 6 nitrogen and oxygen atoms in total. The van der Waals surface area contributed by atoms with Crippen molar-refractivity contribution in [3.63, 3.8) is 0 Å². The molecule has 2 aromatic heterocycles. The number of hydrogen-bond acceptors (Lipinski definition) is 4. The molecule has 0 bridgehead atoms. The Morgan fingerprint density at radius 3 is 2.71 bits per heavy atom. The number of nitrogens with zero attached hydrogens (tertiary/aromatic N) is 4. The Balaban J connectivity index is 0.00000280. The molecule has 3 rings (SSSR count). The van der Waals surface area contributed by atoms with Gasteiger partial charge in [-0.15, -0.1) is 35.3 Å². The van der Waals surface area contributed by atoms with Gasteiger partial charge in [-0.2, -0.15) is 5.10 Å². The number of rotatable bonds is 5. The van der Waals surface area contributed by atoms with Crippen molar-refractivity contribution in [3.05, 3.63) is 33.0 Å². The molecule has 1 atom stereocenters. The standard InChI is InChI=1S/C20H32N6S.HI/c1-12(2)19-14(5)27-18(24-19)10-22-20(21-6)23-16-8-7-15-11-26(13(3)4)25-17(15)9-16;/h11-13,16H,7-10H2,1-6H3,(H2,21,22,23);1H. The smallest absolute Gasteiger partial charge is 0.191 e. The van der Waals surface area contributed by atoms with Gasteiger partial charge >= 0.3 is 0 Å².